The van der Waals surface area contributed by atoms with Gasteiger partial charge in [0.05, 0.1) is 37.7 Å². The van der Waals surface area contributed by atoms with E-state index in [-0.39, 0.29) is 0 Å². The average Bonchev–Trinajstić information content (AvgIpc) is 2.91. The highest BCUT2D eigenvalue weighted by molar-refractivity contribution is 5.89. The molecule has 0 aliphatic rings. The molecule has 180 valence electrons. The van der Waals surface area contributed by atoms with Gasteiger partial charge in [0.25, 0.3) is 0 Å². The first-order valence-corrected chi connectivity index (χ1v) is 12.0. The number of ether oxygens (including phenoxy) is 2. The zero-order valence-corrected chi connectivity index (χ0v) is 20.1. The van der Waals surface area contributed by atoms with E-state index in [4.69, 9.17) is 25.2 Å². The summed E-state index contributed by atoms with van der Waals surface area (Å²) in [5.74, 6) is 1.46. The lowest BCUT2D eigenvalue weighted by molar-refractivity contribution is 0.0547. The molecule has 0 bridgehead atoms. The normalized spacial score (nSPS) is 10.9. The topological polar surface area (TPSA) is 82.3 Å². The lowest BCUT2D eigenvalue weighted by atomic mass is 9.98. The van der Waals surface area contributed by atoms with Gasteiger partial charge in [0.2, 0.25) is 0 Å². The Kier molecular flexibility index (Phi) is 8.95. The van der Waals surface area contributed by atoms with Crippen molar-refractivity contribution >= 4 is 5.82 Å². The van der Waals surface area contributed by atoms with Crippen LogP contribution in [0.25, 0.3) is 33.8 Å². The van der Waals surface area contributed by atoms with Gasteiger partial charge in [-0.15, -0.1) is 0 Å². The molecule has 0 radical (unpaired) electrons. The maximum atomic E-state index is 5.72. The van der Waals surface area contributed by atoms with Gasteiger partial charge < -0.3 is 20.5 Å². The molecule has 0 aliphatic carbocycles. The van der Waals surface area contributed by atoms with E-state index in [0.29, 0.717) is 45.3 Å². The van der Waals surface area contributed by atoms with Gasteiger partial charge in [-0.3, -0.25) is 0 Å². The van der Waals surface area contributed by atoms with Crippen molar-refractivity contribution in [3.63, 3.8) is 0 Å². The van der Waals surface area contributed by atoms with Gasteiger partial charge in [0, 0.05) is 24.2 Å². The van der Waals surface area contributed by atoms with Crippen molar-refractivity contribution in [3.8, 4) is 33.8 Å². The van der Waals surface area contributed by atoms with Crippen LogP contribution in [0, 0.1) is 6.92 Å². The zero-order valence-electron chi connectivity index (χ0n) is 20.1. The third-order valence-corrected chi connectivity index (χ3v) is 5.50. The minimum Gasteiger partial charge on any atom is -0.378 e. The van der Waals surface area contributed by atoms with E-state index in [1.807, 2.05) is 48.5 Å². The van der Waals surface area contributed by atoms with Crippen LogP contribution in [0.2, 0.25) is 0 Å². The number of anilines is 1. The van der Waals surface area contributed by atoms with Crippen LogP contribution in [0.1, 0.15) is 5.56 Å². The van der Waals surface area contributed by atoms with Gasteiger partial charge >= 0.3 is 0 Å². The Morgan fingerprint density at radius 3 is 1.97 bits per heavy atom. The minimum absolute atomic E-state index is 0.518. The van der Waals surface area contributed by atoms with Crippen molar-refractivity contribution in [3.05, 3.63) is 90.5 Å². The number of benzene rings is 3. The molecule has 3 aromatic carbocycles. The first-order valence-electron chi connectivity index (χ1n) is 12.0. The van der Waals surface area contributed by atoms with Crippen LogP contribution in [-0.4, -0.2) is 49.5 Å². The fourth-order valence-corrected chi connectivity index (χ4v) is 3.75. The molecule has 1 heterocycles. The fraction of sp³-hybridized carbons (Fsp3) is 0.241. The molecule has 0 aliphatic heterocycles. The number of aryl methyl sites for hydroxylation is 1. The quantitative estimate of drug-likeness (QED) is 0.279. The molecule has 0 fully saturated rings. The average molecular weight is 469 g/mol. The summed E-state index contributed by atoms with van der Waals surface area (Å²) in [6.07, 6.45) is 0. The van der Waals surface area contributed by atoms with E-state index in [1.54, 1.807) is 0 Å². The van der Waals surface area contributed by atoms with E-state index in [1.165, 1.54) is 5.56 Å². The van der Waals surface area contributed by atoms with Gasteiger partial charge in [0.15, 0.2) is 5.82 Å². The molecular weight excluding hydrogens is 436 g/mol. The highest BCUT2D eigenvalue weighted by atomic mass is 16.5. The molecule has 4 rings (SSSR count). The second kappa shape index (κ2) is 12.8. The van der Waals surface area contributed by atoms with Gasteiger partial charge in [-0.2, -0.15) is 0 Å². The molecular formula is C29H32N4O2. The number of nitrogens with zero attached hydrogens (tertiary/aromatic N) is 2. The molecule has 0 unspecified atom stereocenters. The van der Waals surface area contributed by atoms with Crippen molar-refractivity contribution in [2.45, 2.75) is 6.92 Å². The van der Waals surface area contributed by atoms with Crippen LogP contribution in [0.5, 0.6) is 0 Å². The zero-order chi connectivity index (χ0) is 24.3. The molecule has 1 aromatic heterocycles. The summed E-state index contributed by atoms with van der Waals surface area (Å²) in [5.41, 5.74) is 11.6. The Hall–Kier alpha value is -3.58. The van der Waals surface area contributed by atoms with Crippen molar-refractivity contribution in [2.24, 2.45) is 5.73 Å². The predicted molar refractivity (Wildman–Crippen MR) is 142 cm³/mol. The lowest BCUT2D eigenvalue weighted by Gasteiger charge is -2.18. The van der Waals surface area contributed by atoms with Gasteiger partial charge in [-0.05, 0) is 12.5 Å². The van der Waals surface area contributed by atoms with Crippen LogP contribution in [-0.2, 0) is 9.47 Å². The smallest absolute Gasteiger partial charge is 0.162 e. The lowest BCUT2D eigenvalue weighted by Crippen LogP contribution is -2.16. The van der Waals surface area contributed by atoms with E-state index in [2.05, 4.69) is 48.6 Å². The summed E-state index contributed by atoms with van der Waals surface area (Å²) in [4.78, 5) is 10.0. The van der Waals surface area contributed by atoms with Crippen molar-refractivity contribution < 1.29 is 9.47 Å². The molecule has 0 amide bonds. The monoisotopic (exact) mass is 468 g/mol. The Bertz CT molecular complexity index is 1180. The van der Waals surface area contributed by atoms with Gasteiger partial charge in [-0.25, -0.2) is 9.97 Å². The highest BCUT2D eigenvalue weighted by Crippen LogP contribution is 2.37. The van der Waals surface area contributed by atoms with Crippen LogP contribution in [0.3, 0.4) is 0 Å². The van der Waals surface area contributed by atoms with Crippen LogP contribution < -0.4 is 11.1 Å². The maximum absolute atomic E-state index is 5.72. The summed E-state index contributed by atoms with van der Waals surface area (Å²) < 4.78 is 11.1. The predicted octanol–water partition coefficient (Wildman–Crippen LogP) is 5.19. The van der Waals surface area contributed by atoms with Crippen molar-refractivity contribution in [1.29, 1.82) is 0 Å². The number of hydrogen-bond acceptors (Lipinski definition) is 6. The first kappa shape index (κ1) is 24.5. The Labute approximate surface area is 207 Å². The standard InChI is InChI=1S/C29H32N4O2/c1-22-12-14-24(15-13-22)27-26(23-8-4-2-5-9-23)29(31-17-19-35-21-20-34-18-16-30)33-28(32-27)25-10-6-3-7-11-25/h2-15H,16-21,30H2,1H3,(H,31,32,33). The summed E-state index contributed by atoms with van der Waals surface area (Å²) in [5, 5.41) is 3.51. The second-order valence-electron chi connectivity index (χ2n) is 8.16. The molecule has 0 saturated heterocycles. The molecule has 6 nitrogen and oxygen atoms in total. The van der Waals surface area contributed by atoms with Crippen molar-refractivity contribution in [1.82, 2.24) is 9.97 Å². The molecule has 4 aromatic rings. The molecule has 0 spiro atoms. The molecule has 3 N–H and O–H groups in total. The molecule has 0 saturated carbocycles. The number of nitrogens with two attached hydrogens (primary N) is 1. The van der Waals surface area contributed by atoms with Crippen LogP contribution in [0.15, 0.2) is 84.9 Å². The summed E-state index contributed by atoms with van der Waals surface area (Å²) in [6, 6.07) is 28.8. The Morgan fingerprint density at radius 2 is 1.31 bits per heavy atom. The van der Waals surface area contributed by atoms with Gasteiger partial charge in [0.1, 0.15) is 5.82 Å². The Balaban J connectivity index is 1.69. The Morgan fingerprint density at radius 1 is 0.686 bits per heavy atom. The van der Waals surface area contributed by atoms with Gasteiger partial charge in [-0.1, -0.05) is 90.5 Å². The van der Waals surface area contributed by atoms with E-state index in [9.17, 15) is 0 Å². The van der Waals surface area contributed by atoms with Crippen LogP contribution in [0.4, 0.5) is 5.82 Å². The second-order valence-corrected chi connectivity index (χ2v) is 8.16. The van der Waals surface area contributed by atoms with Crippen molar-refractivity contribution in [2.75, 3.05) is 44.8 Å². The van der Waals surface area contributed by atoms with Crippen LogP contribution >= 0.6 is 0 Å². The highest BCUT2D eigenvalue weighted by Gasteiger charge is 2.18. The third kappa shape index (κ3) is 6.73. The first-order chi connectivity index (χ1) is 17.3. The van der Waals surface area contributed by atoms with E-state index < -0.39 is 0 Å². The maximum Gasteiger partial charge on any atom is 0.162 e. The third-order valence-electron chi connectivity index (χ3n) is 5.50. The molecule has 0 atom stereocenters. The number of aromatic nitrogens is 2. The number of rotatable bonds is 12. The van der Waals surface area contributed by atoms with E-state index in [0.717, 1.165) is 33.8 Å². The largest absolute Gasteiger partial charge is 0.378 e. The summed E-state index contributed by atoms with van der Waals surface area (Å²) in [7, 11) is 0. The number of hydrogen-bond donors (Lipinski definition) is 2. The summed E-state index contributed by atoms with van der Waals surface area (Å²) in [6.45, 7) is 5.36. The molecule has 35 heavy (non-hydrogen) atoms. The molecule has 6 heteroatoms. The van der Waals surface area contributed by atoms with E-state index >= 15 is 0 Å². The number of nitrogens with one attached hydrogen (secondary N) is 1. The SMILES string of the molecule is Cc1ccc(-c2nc(-c3ccccc3)nc(NCCOCCOCCN)c2-c2ccccc2)cc1. The fourth-order valence-electron chi connectivity index (χ4n) is 3.75. The summed E-state index contributed by atoms with van der Waals surface area (Å²) >= 11 is 0. The minimum atomic E-state index is 0.518.